The summed E-state index contributed by atoms with van der Waals surface area (Å²) in [5.74, 6) is -0.483. The number of sulfonamides is 1. The Balaban J connectivity index is 1.51. The third-order valence-electron chi connectivity index (χ3n) is 4.74. The molecular formula is C18H18FN3O4S3. The van der Waals surface area contributed by atoms with Gasteiger partial charge in [-0.15, -0.1) is 0 Å². The second-order valence-electron chi connectivity index (χ2n) is 6.74. The Hall–Kier alpha value is -2.08. The number of anilines is 1. The second-order valence-corrected chi connectivity index (χ2v) is 11.7. The lowest BCUT2D eigenvalue weighted by molar-refractivity contribution is 0.385. The third kappa shape index (κ3) is 4.00. The van der Waals surface area contributed by atoms with E-state index in [0.717, 1.165) is 28.2 Å². The van der Waals surface area contributed by atoms with Crippen LogP contribution in [0, 0.1) is 5.82 Å². The average molecular weight is 456 g/mol. The van der Waals surface area contributed by atoms with Gasteiger partial charge in [-0.3, -0.25) is 0 Å². The van der Waals surface area contributed by atoms with Gasteiger partial charge >= 0.3 is 0 Å². The van der Waals surface area contributed by atoms with E-state index in [9.17, 15) is 21.2 Å². The topological polar surface area (TPSA) is 87.7 Å². The number of rotatable bonds is 4. The molecule has 2 heterocycles. The Bertz CT molecular complexity index is 1260. The summed E-state index contributed by atoms with van der Waals surface area (Å²) in [6.45, 7) is 1.48. The van der Waals surface area contributed by atoms with E-state index in [0.29, 0.717) is 18.6 Å². The highest BCUT2D eigenvalue weighted by atomic mass is 32.2. The molecule has 0 spiro atoms. The Kier molecular flexibility index (Phi) is 5.09. The molecule has 0 amide bonds. The molecular weight excluding hydrogens is 437 g/mol. The van der Waals surface area contributed by atoms with Crippen LogP contribution in [0.1, 0.15) is 0 Å². The number of hydrogen-bond donors (Lipinski definition) is 0. The maximum atomic E-state index is 13.1. The van der Waals surface area contributed by atoms with Crippen LogP contribution in [0.25, 0.3) is 10.2 Å². The summed E-state index contributed by atoms with van der Waals surface area (Å²) in [6, 6.07) is 9.63. The van der Waals surface area contributed by atoms with Gasteiger partial charge in [0.1, 0.15) is 5.82 Å². The van der Waals surface area contributed by atoms with Crippen LogP contribution >= 0.6 is 11.3 Å². The largest absolute Gasteiger partial charge is 0.345 e. The van der Waals surface area contributed by atoms with Crippen molar-refractivity contribution in [1.82, 2.24) is 9.29 Å². The Morgan fingerprint density at radius 3 is 2.17 bits per heavy atom. The van der Waals surface area contributed by atoms with E-state index in [1.165, 1.54) is 33.8 Å². The van der Waals surface area contributed by atoms with Crippen LogP contribution in [0.15, 0.2) is 52.3 Å². The number of sulfone groups is 1. The standard InChI is InChI=1S/C18H18FN3O4S3/c1-28(23,24)15-6-7-16-17(12-15)27-18(20-16)21-8-10-22(11-9-21)29(25,26)14-4-2-13(19)3-5-14/h2-7,12H,8-11H2,1H3. The zero-order valence-electron chi connectivity index (χ0n) is 15.4. The Morgan fingerprint density at radius 2 is 1.55 bits per heavy atom. The number of nitrogens with zero attached hydrogens (tertiary/aromatic N) is 3. The summed E-state index contributed by atoms with van der Waals surface area (Å²) in [5, 5.41) is 0.726. The van der Waals surface area contributed by atoms with Crippen LogP contribution in [0.5, 0.6) is 0 Å². The van der Waals surface area contributed by atoms with E-state index < -0.39 is 25.7 Å². The molecule has 154 valence electrons. The molecule has 0 aliphatic carbocycles. The van der Waals surface area contributed by atoms with E-state index in [-0.39, 0.29) is 22.9 Å². The summed E-state index contributed by atoms with van der Waals surface area (Å²) in [6.07, 6.45) is 1.16. The van der Waals surface area contributed by atoms with Gasteiger partial charge in [-0.05, 0) is 42.5 Å². The summed E-state index contributed by atoms with van der Waals surface area (Å²) in [5.41, 5.74) is 0.707. The molecule has 1 aromatic heterocycles. The van der Waals surface area contributed by atoms with Crippen LogP contribution in [-0.4, -0.2) is 58.6 Å². The molecule has 11 heteroatoms. The van der Waals surface area contributed by atoms with Crippen molar-refractivity contribution < 1.29 is 21.2 Å². The SMILES string of the molecule is CS(=O)(=O)c1ccc2nc(N3CCN(S(=O)(=O)c4ccc(F)cc4)CC3)sc2c1. The highest BCUT2D eigenvalue weighted by molar-refractivity contribution is 7.90. The van der Waals surface area contributed by atoms with E-state index in [1.54, 1.807) is 12.1 Å². The number of thiazole rings is 1. The lowest BCUT2D eigenvalue weighted by atomic mass is 10.3. The average Bonchev–Trinajstić information content (AvgIpc) is 3.11. The minimum Gasteiger partial charge on any atom is -0.345 e. The molecule has 0 unspecified atom stereocenters. The molecule has 2 aromatic carbocycles. The fourth-order valence-electron chi connectivity index (χ4n) is 3.13. The number of halogens is 1. The lowest BCUT2D eigenvalue weighted by Crippen LogP contribution is -2.48. The maximum Gasteiger partial charge on any atom is 0.243 e. The first-order chi connectivity index (χ1) is 13.6. The first-order valence-electron chi connectivity index (χ1n) is 8.76. The summed E-state index contributed by atoms with van der Waals surface area (Å²) < 4.78 is 64.2. The molecule has 3 aromatic rings. The molecule has 29 heavy (non-hydrogen) atoms. The number of fused-ring (bicyclic) bond motifs is 1. The van der Waals surface area contributed by atoms with Crippen molar-refractivity contribution in [2.24, 2.45) is 0 Å². The van der Waals surface area contributed by atoms with Crippen LogP contribution in [0.4, 0.5) is 9.52 Å². The maximum absolute atomic E-state index is 13.1. The predicted octanol–water partition coefficient (Wildman–Crippen LogP) is 2.35. The second kappa shape index (κ2) is 7.31. The number of hydrogen-bond acceptors (Lipinski definition) is 7. The van der Waals surface area contributed by atoms with Gasteiger partial charge in [-0.1, -0.05) is 11.3 Å². The number of benzene rings is 2. The third-order valence-corrected chi connectivity index (χ3v) is 8.84. The van der Waals surface area contributed by atoms with Crippen LogP contribution in [-0.2, 0) is 19.9 Å². The van der Waals surface area contributed by atoms with Crippen LogP contribution in [0.2, 0.25) is 0 Å². The molecule has 1 aliphatic rings. The molecule has 1 fully saturated rings. The zero-order valence-corrected chi connectivity index (χ0v) is 17.9. The van der Waals surface area contributed by atoms with Crippen molar-refractivity contribution in [1.29, 1.82) is 0 Å². The van der Waals surface area contributed by atoms with Crippen molar-refractivity contribution in [2.75, 3.05) is 37.3 Å². The Morgan fingerprint density at radius 1 is 0.931 bits per heavy atom. The van der Waals surface area contributed by atoms with Crippen molar-refractivity contribution in [3.8, 4) is 0 Å². The molecule has 4 rings (SSSR count). The molecule has 0 radical (unpaired) electrons. The monoisotopic (exact) mass is 455 g/mol. The summed E-state index contributed by atoms with van der Waals surface area (Å²) >= 11 is 1.38. The molecule has 1 saturated heterocycles. The Labute approximate surface area is 172 Å². The van der Waals surface area contributed by atoms with Crippen molar-refractivity contribution in [3.63, 3.8) is 0 Å². The minimum atomic E-state index is -3.67. The quantitative estimate of drug-likeness (QED) is 0.600. The fourth-order valence-corrected chi connectivity index (χ4v) is 6.33. The van der Waals surface area contributed by atoms with Crippen molar-refractivity contribution in [3.05, 3.63) is 48.3 Å². The number of piperazine rings is 1. The molecule has 0 bridgehead atoms. The van der Waals surface area contributed by atoms with E-state index in [1.807, 2.05) is 4.90 Å². The predicted molar refractivity (Wildman–Crippen MR) is 110 cm³/mol. The smallest absolute Gasteiger partial charge is 0.243 e. The molecule has 0 N–H and O–H groups in total. The van der Waals surface area contributed by atoms with E-state index in [2.05, 4.69) is 4.98 Å². The zero-order chi connectivity index (χ0) is 20.8. The summed E-state index contributed by atoms with van der Waals surface area (Å²) in [7, 11) is -6.97. The molecule has 0 atom stereocenters. The van der Waals surface area contributed by atoms with E-state index >= 15 is 0 Å². The summed E-state index contributed by atoms with van der Waals surface area (Å²) in [4.78, 5) is 6.86. The highest BCUT2D eigenvalue weighted by Crippen LogP contribution is 2.31. The highest BCUT2D eigenvalue weighted by Gasteiger charge is 2.29. The van der Waals surface area contributed by atoms with Gasteiger partial charge in [-0.2, -0.15) is 4.31 Å². The van der Waals surface area contributed by atoms with E-state index in [4.69, 9.17) is 0 Å². The molecule has 0 saturated carbocycles. The van der Waals surface area contributed by atoms with Gasteiger partial charge in [0.05, 0.1) is 20.0 Å². The normalized spacial score (nSPS) is 16.4. The van der Waals surface area contributed by atoms with Gasteiger partial charge < -0.3 is 4.90 Å². The van der Waals surface area contributed by atoms with Gasteiger partial charge in [0.2, 0.25) is 10.0 Å². The lowest BCUT2D eigenvalue weighted by Gasteiger charge is -2.33. The van der Waals surface area contributed by atoms with Crippen LogP contribution in [0.3, 0.4) is 0 Å². The van der Waals surface area contributed by atoms with Crippen molar-refractivity contribution >= 4 is 46.5 Å². The molecule has 7 nitrogen and oxygen atoms in total. The molecule has 1 aliphatic heterocycles. The van der Waals surface area contributed by atoms with Gasteiger partial charge in [0.25, 0.3) is 0 Å². The van der Waals surface area contributed by atoms with Gasteiger partial charge in [0.15, 0.2) is 15.0 Å². The number of aromatic nitrogens is 1. The van der Waals surface area contributed by atoms with Crippen molar-refractivity contribution in [2.45, 2.75) is 9.79 Å². The first-order valence-corrected chi connectivity index (χ1v) is 12.9. The van der Waals surface area contributed by atoms with Gasteiger partial charge in [-0.25, -0.2) is 26.2 Å². The van der Waals surface area contributed by atoms with Gasteiger partial charge in [0, 0.05) is 32.4 Å². The fraction of sp³-hybridized carbons (Fsp3) is 0.278. The first kappa shape index (κ1) is 20.2. The van der Waals surface area contributed by atoms with Crippen LogP contribution < -0.4 is 4.90 Å². The minimum absolute atomic E-state index is 0.0700.